The summed E-state index contributed by atoms with van der Waals surface area (Å²) in [5, 5.41) is 2.93. The molecule has 0 unspecified atom stereocenters. The number of hydrogen-bond donors (Lipinski definition) is 1. The first-order chi connectivity index (χ1) is 12.2. The largest absolute Gasteiger partial charge is 0.484 e. The minimum atomic E-state index is -0.407. The summed E-state index contributed by atoms with van der Waals surface area (Å²) in [5.74, 6) is 0.399. The molecule has 1 fully saturated rings. The van der Waals surface area contributed by atoms with Crippen molar-refractivity contribution in [2.45, 2.75) is 25.4 Å². The van der Waals surface area contributed by atoms with Crippen LogP contribution in [0.2, 0.25) is 0 Å². The van der Waals surface area contributed by atoms with Gasteiger partial charge in [-0.25, -0.2) is 0 Å². The molecule has 3 rings (SSSR count). The Hall–Kier alpha value is -2.82. The molecule has 2 amide bonds. The first-order valence-electron chi connectivity index (χ1n) is 8.53. The molecule has 1 aliphatic rings. The summed E-state index contributed by atoms with van der Waals surface area (Å²) in [6, 6.07) is 18.6. The monoisotopic (exact) mass is 338 g/mol. The van der Waals surface area contributed by atoms with E-state index in [9.17, 15) is 9.59 Å². The summed E-state index contributed by atoms with van der Waals surface area (Å²) < 4.78 is 5.51. The third-order valence-corrected chi connectivity index (χ3v) is 4.29. The maximum absolute atomic E-state index is 12.5. The second-order valence-corrected chi connectivity index (χ2v) is 6.05. The van der Waals surface area contributed by atoms with Crippen molar-refractivity contribution in [1.82, 2.24) is 10.2 Å². The molecule has 1 aliphatic heterocycles. The number of nitrogens with one attached hydrogen (secondary N) is 1. The van der Waals surface area contributed by atoms with Gasteiger partial charge < -0.3 is 15.0 Å². The Morgan fingerprint density at radius 1 is 1.04 bits per heavy atom. The zero-order valence-electron chi connectivity index (χ0n) is 14.1. The SMILES string of the molecule is O=C(NCc1ccccc1)[C@H]1CCCN1C(=O)COc1ccccc1. The van der Waals surface area contributed by atoms with Crippen LogP contribution in [0.1, 0.15) is 18.4 Å². The number of ether oxygens (including phenoxy) is 1. The molecular formula is C20H22N2O3. The van der Waals surface area contributed by atoms with Crippen molar-refractivity contribution in [2.75, 3.05) is 13.2 Å². The van der Waals surface area contributed by atoms with E-state index in [1.54, 1.807) is 17.0 Å². The molecule has 0 spiro atoms. The van der Waals surface area contributed by atoms with E-state index in [0.29, 0.717) is 25.3 Å². The highest BCUT2D eigenvalue weighted by molar-refractivity contribution is 5.88. The van der Waals surface area contributed by atoms with Crippen LogP contribution in [0.4, 0.5) is 0 Å². The number of nitrogens with zero attached hydrogens (tertiary/aromatic N) is 1. The van der Waals surface area contributed by atoms with Gasteiger partial charge in [0.1, 0.15) is 11.8 Å². The number of carbonyl (C=O) groups is 2. The third-order valence-electron chi connectivity index (χ3n) is 4.29. The van der Waals surface area contributed by atoms with Crippen LogP contribution < -0.4 is 10.1 Å². The second-order valence-electron chi connectivity index (χ2n) is 6.05. The lowest BCUT2D eigenvalue weighted by molar-refractivity contribution is -0.140. The second kappa shape index (κ2) is 8.33. The summed E-state index contributed by atoms with van der Waals surface area (Å²) in [6.45, 7) is 1.02. The smallest absolute Gasteiger partial charge is 0.261 e. The van der Waals surface area contributed by atoms with Crippen molar-refractivity contribution in [2.24, 2.45) is 0 Å². The minimum Gasteiger partial charge on any atom is -0.484 e. The van der Waals surface area contributed by atoms with Gasteiger partial charge in [-0.3, -0.25) is 9.59 Å². The van der Waals surface area contributed by atoms with Crippen molar-refractivity contribution in [3.63, 3.8) is 0 Å². The number of likely N-dealkylation sites (tertiary alicyclic amines) is 1. The number of amides is 2. The Morgan fingerprint density at radius 2 is 1.72 bits per heavy atom. The van der Waals surface area contributed by atoms with Gasteiger partial charge in [-0.2, -0.15) is 0 Å². The molecule has 1 heterocycles. The Bertz CT molecular complexity index is 642. The van der Waals surface area contributed by atoms with Gasteiger partial charge in [0.25, 0.3) is 5.91 Å². The van der Waals surface area contributed by atoms with Gasteiger partial charge in [0, 0.05) is 13.1 Å². The zero-order valence-corrected chi connectivity index (χ0v) is 14.1. The lowest BCUT2D eigenvalue weighted by Gasteiger charge is -2.24. The van der Waals surface area contributed by atoms with Gasteiger partial charge >= 0.3 is 0 Å². The number of rotatable bonds is 6. The van der Waals surface area contributed by atoms with Crippen LogP contribution in [0.15, 0.2) is 60.7 Å². The van der Waals surface area contributed by atoms with Crippen molar-refractivity contribution < 1.29 is 14.3 Å². The molecule has 0 bridgehead atoms. The molecule has 2 aromatic rings. The van der Waals surface area contributed by atoms with Gasteiger partial charge in [0.15, 0.2) is 6.61 Å². The maximum atomic E-state index is 12.5. The molecule has 2 aromatic carbocycles. The van der Waals surface area contributed by atoms with Crippen LogP contribution in [-0.2, 0) is 16.1 Å². The Labute approximate surface area is 147 Å². The fourth-order valence-corrected chi connectivity index (χ4v) is 2.99. The lowest BCUT2D eigenvalue weighted by Crippen LogP contribution is -2.47. The fraction of sp³-hybridized carbons (Fsp3) is 0.300. The normalized spacial score (nSPS) is 16.5. The molecule has 0 aromatic heterocycles. The standard InChI is InChI=1S/C20H22N2O3/c23-19(15-25-17-10-5-2-6-11-17)22-13-7-12-18(22)20(24)21-14-16-8-3-1-4-9-16/h1-6,8-11,18H,7,12-15H2,(H,21,24)/t18-/m1/s1. The van der Waals surface area contributed by atoms with Gasteiger partial charge in [-0.1, -0.05) is 48.5 Å². The van der Waals surface area contributed by atoms with Crippen LogP contribution >= 0.6 is 0 Å². The van der Waals surface area contributed by atoms with Gasteiger partial charge in [-0.05, 0) is 30.5 Å². The summed E-state index contributed by atoms with van der Waals surface area (Å²) in [6.07, 6.45) is 1.53. The minimum absolute atomic E-state index is 0.0491. The van der Waals surface area contributed by atoms with Gasteiger partial charge in [0.05, 0.1) is 0 Å². The molecular weight excluding hydrogens is 316 g/mol. The van der Waals surface area contributed by atoms with E-state index in [1.165, 1.54) is 0 Å². The average Bonchev–Trinajstić information content (AvgIpc) is 3.16. The average molecular weight is 338 g/mol. The summed E-state index contributed by atoms with van der Waals surface area (Å²) in [5.41, 5.74) is 1.04. The molecule has 1 N–H and O–H groups in total. The summed E-state index contributed by atoms with van der Waals surface area (Å²) in [7, 11) is 0. The van der Waals surface area contributed by atoms with E-state index in [2.05, 4.69) is 5.32 Å². The van der Waals surface area contributed by atoms with Crippen LogP contribution in [0.3, 0.4) is 0 Å². The Morgan fingerprint density at radius 3 is 2.44 bits per heavy atom. The Balaban J connectivity index is 1.52. The maximum Gasteiger partial charge on any atom is 0.261 e. The van der Waals surface area contributed by atoms with Crippen molar-refractivity contribution in [3.05, 3.63) is 66.2 Å². The van der Waals surface area contributed by atoms with E-state index in [0.717, 1.165) is 12.0 Å². The molecule has 1 atom stereocenters. The van der Waals surface area contributed by atoms with Crippen LogP contribution in [0, 0.1) is 0 Å². The number of benzene rings is 2. The van der Waals surface area contributed by atoms with E-state index in [-0.39, 0.29) is 18.4 Å². The predicted octanol–water partition coefficient (Wildman–Crippen LogP) is 2.37. The van der Waals surface area contributed by atoms with Gasteiger partial charge in [-0.15, -0.1) is 0 Å². The zero-order chi connectivity index (χ0) is 17.5. The fourth-order valence-electron chi connectivity index (χ4n) is 2.99. The number of hydrogen-bond acceptors (Lipinski definition) is 3. The predicted molar refractivity (Wildman–Crippen MR) is 95.0 cm³/mol. The number of carbonyl (C=O) groups excluding carboxylic acids is 2. The molecule has 0 saturated carbocycles. The van der Waals surface area contributed by atoms with Crippen molar-refractivity contribution in [1.29, 1.82) is 0 Å². The summed E-state index contributed by atoms with van der Waals surface area (Å²) in [4.78, 5) is 26.5. The van der Waals surface area contributed by atoms with E-state index in [4.69, 9.17) is 4.74 Å². The van der Waals surface area contributed by atoms with E-state index >= 15 is 0 Å². The van der Waals surface area contributed by atoms with Crippen LogP contribution in [-0.4, -0.2) is 35.9 Å². The van der Waals surface area contributed by atoms with Crippen LogP contribution in [0.25, 0.3) is 0 Å². The van der Waals surface area contributed by atoms with Gasteiger partial charge in [0.2, 0.25) is 5.91 Å². The Kier molecular flexibility index (Phi) is 5.67. The highest BCUT2D eigenvalue weighted by atomic mass is 16.5. The van der Waals surface area contributed by atoms with E-state index in [1.807, 2.05) is 48.5 Å². The topological polar surface area (TPSA) is 58.6 Å². The van der Waals surface area contributed by atoms with E-state index < -0.39 is 6.04 Å². The first kappa shape index (κ1) is 17.0. The molecule has 130 valence electrons. The number of para-hydroxylation sites is 1. The van der Waals surface area contributed by atoms with Crippen molar-refractivity contribution in [3.8, 4) is 5.75 Å². The highest BCUT2D eigenvalue weighted by Crippen LogP contribution is 2.18. The molecule has 0 aliphatic carbocycles. The third kappa shape index (κ3) is 4.59. The molecule has 25 heavy (non-hydrogen) atoms. The lowest BCUT2D eigenvalue weighted by atomic mass is 10.2. The molecule has 5 nitrogen and oxygen atoms in total. The quantitative estimate of drug-likeness (QED) is 0.880. The highest BCUT2D eigenvalue weighted by Gasteiger charge is 2.33. The van der Waals surface area contributed by atoms with Crippen LogP contribution in [0.5, 0.6) is 5.75 Å². The molecule has 5 heteroatoms. The molecule has 1 saturated heterocycles. The molecule has 0 radical (unpaired) electrons. The first-order valence-corrected chi connectivity index (χ1v) is 8.53. The van der Waals surface area contributed by atoms with Crippen molar-refractivity contribution >= 4 is 11.8 Å². The summed E-state index contributed by atoms with van der Waals surface area (Å²) >= 11 is 0.